The van der Waals surface area contributed by atoms with Crippen LogP contribution in [0.5, 0.6) is 0 Å². The van der Waals surface area contributed by atoms with Crippen LogP contribution in [0.1, 0.15) is 13.8 Å². The molecule has 0 aromatic heterocycles. The van der Waals surface area contributed by atoms with Gasteiger partial charge in [0.15, 0.2) is 0 Å². The summed E-state index contributed by atoms with van der Waals surface area (Å²) in [6.45, 7) is 5.00. The van der Waals surface area contributed by atoms with Crippen molar-refractivity contribution < 1.29 is 14.7 Å². The first-order valence-corrected chi connectivity index (χ1v) is 5.19. The van der Waals surface area contributed by atoms with E-state index in [1.54, 1.807) is 16.8 Å². The molecule has 5 nitrogen and oxygen atoms in total. The van der Waals surface area contributed by atoms with Crippen molar-refractivity contribution in [3.63, 3.8) is 0 Å². The first-order valence-electron chi connectivity index (χ1n) is 5.19. The molecule has 1 rings (SSSR count). The van der Waals surface area contributed by atoms with E-state index in [0.717, 1.165) is 0 Å². The van der Waals surface area contributed by atoms with E-state index in [0.29, 0.717) is 19.6 Å². The molecule has 0 bridgehead atoms. The number of hydrogen-bond acceptors (Lipinski definition) is 3. The van der Waals surface area contributed by atoms with E-state index < -0.39 is 11.9 Å². The predicted octanol–water partition coefficient (Wildman–Crippen LogP) is -0.130. The highest BCUT2D eigenvalue weighted by atomic mass is 16.4. The number of aliphatic carboxylic acids is 1. The summed E-state index contributed by atoms with van der Waals surface area (Å²) in [4.78, 5) is 26.2. The minimum Gasteiger partial charge on any atom is -0.481 e. The molecule has 15 heavy (non-hydrogen) atoms. The van der Waals surface area contributed by atoms with Gasteiger partial charge in [-0.2, -0.15) is 0 Å². The lowest BCUT2D eigenvalue weighted by molar-refractivity contribution is -0.142. The molecule has 0 spiro atoms. The molecule has 0 aromatic rings. The maximum absolute atomic E-state index is 11.8. The zero-order valence-electron chi connectivity index (χ0n) is 9.43. The summed E-state index contributed by atoms with van der Waals surface area (Å²) in [6.07, 6.45) is 0. The Morgan fingerprint density at radius 3 is 2.60 bits per heavy atom. The summed E-state index contributed by atoms with van der Waals surface area (Å²) in [5, 5.41) is 9.00. The Kier molecular flexibility index (Phi) is 3.68. The number of nitrogens with zero attached hydrogens (tertiary/aromatic N) is 2. The molecule has 1 saturated heterocycles. The summed E-state index contributed by atoms with van der Waals surface area (Å²) in [6, 6.07) is -0.228. The van der Waals surface area contributed by atoms with Crippen molar-refractivity contribution in [1.29, 1.82) is 0 Å². The van der Waals surface area contributed by atoms with Crippen LogP contribution in [0, 0.1) is 5.92 Å². The molecular formula is C10H18N2O3. The van der Waals surface area contributed by atoms with E-state index >= 15 is 0 Å². The lowest BCUT2D eigenvalue weighted by atomic mass is 10.1. The molecule has 1 aliphatic rings. The summed E-state index contributed by atoms with van der Waals surface area (Å²) < 4.78 is 0. The molecule has 1 aliphatic heterocycles. The van der Waals surface area contributed by atoms with Crippen molar-refractivity contribution in [2.45, 2.75) is 19.9 Å². The van der Waals surface area contributed by atoms with Gasteiger partial charge in [0.2, 0.25) is 5.91 Å². The van der Waals surface area contributed by atoms with Gasteiger partial charge in [0.1, 0.15) is 0 Å². The normalized spacial score (nSPS) is 29.0. The number of carbonyl (C=O) groups excluding carboxylic acids is 1. The Balaban J connectivity index is 2.86. The van der Waals surface area contributed by atoms with Crippen LogP contribution in [0.2, 0.25) is 0 Å². The predicted molar refractivity (Wildman–Crippen MR) is 55.5 cm³/mol. The molecule has 0 aromatic carbocycles. The molecule has 2 atom stereocenters. The van der Waals surface area contributed by atoms with Gasteiger partial charge in [-0.15, -0.1) is 0 Å². The van der Waals surface area contributed by atoms with Crippen LogP contribution in [-0.2, 0) is 9.59 Å². The second kappa shape index (κ2) is 4.61. The van der Waals surface area contributed by atoms with Crippen molar-refractivity contribution in [2.75, 3.05) is 26.7 Å². The van der Waals surface area contributed by atoms with E-state index in [4.69, 9.17) is 5.11 Å². The number of amides is 1. The minimum atomic E-state index is -0.831. The average molecular weight is 214 g/mol. The van der Waals surface area contributed by atoms with Crippen LogP contribution in [0.15, 0.2) is 0 Å². The Morgan fingerprint density at radius 2 is 2.13 bits per heavy atom. The third-order valence-electron chi connectivity index (χ3n) is 3.01. The topological polar surface area (TPSA) is 60.9 Å². The third-order valence-corrected chi connectivity index (χ3v) is 3.01. The number of carboxylic acids is 1. The summed E-state index contributed by atoms with van der Waals surface area (Å²) in [5.74, 6) is -1.30. The standard InChI is InChI=1S/C10H18N2O3/c1-4-12-6-8(10(14)15)5-11(3)7(2)9(12)13/h7-8H,4-6H2,1-3H3,(H,14,15). The van der Waals surface area contributed by atoms with Gasteiger partial charge in [-0.25, -0.2) is 0 Å². The highest BCUT2D eigenvalue weighted by molar-refractivity contribution is 5.83. The number of carboxylic acid groups (broad SMARTS) is 1. The van der Waals surface area contributed by atoms with Crippen molar-refractivity contribution in [3.8, 4) is 0 Å². The molecule has 86 valence electrons. The lowest BCUT2D eigenvalue weighted by Gasteiger charge is -2.23. The molecule has 5 heteroatoms. The van der Waals surface area contributed by atoms with Crippen LogP contribution in [0.25, 0.3) is 0 Å². The molecule has 1 N–H and O–H groups in total. The van der Waals surface area contributed by atoms with Crippen LogP contribution >= 0.6 is 0 Å². The van der Waals surface area contributed by atoms with Gasteiger partial charge >= 0.3 is 5.97 Å². The van der Waals surface area contributed by atoms with E-state index in [1.807, 2.05) is 13.8 Å². The summed E-state index contributed by atoms with van der Waals surface area (Å²) >= 11 is 0. The number of hydrogen-bond donors (Lipinski definition) is 1. The zero-order chi connectivity index (χ0) is 11.6. The smallest absolute Gasteiger partial charge is 0.309 e. The largest absolute Gasteiger partial charge is 0.481 e. The van der Waals surface area contributed by atoms with Gasteiger partial charge in [0.25, 0.3) is 0 Å². The second-order valence-electron chi connectivity index (χ2n) is 4.03. The van der Waals surface area contributed by atoms with Crippen LogP contribution in [-0.4, -0.2) is 59.5 Å². The molecule has 2 unspecified atom stereocenters. The Morgan fingerprint density at radius 1 is 1.53 bits per heavy atom. The van der Waals surface area contributed by atoms with Crippen LogP contribution in [0.3, 0.4) is 0 Å². The average Bonchev–Trinajstić information content (AvgIpc) is 2.30. The molecule has 0 aliphatic carbocycles. The fraction of sp³-hybridized carbons (Fsp3) is 0.800. The van der Waals surface area contributed by atoms with E-state index in [9.17, 15) is 9.59 Å². The van der Waals surface area contributed by atoms with Crippen molar-refractivity contribution >= 4 is 11.9 Å². The maximum Gasteiger partial charge on any atom is 0.309 e. The van der Waals surface area contributed by atoms with Gasteiger partial charge < -0.3 is 10.0 Å². The van der Waals surface area contributed by atoms with Crippen molar-refractivity contribution in [2.24, 2.45) is 5.92 Å². The lowest BCUT2D eigenvalue weighted by Crippen LogP contribution is -2.42. The number of rotatable bonds is 2. The SMILES string of the molecule is CCN1CC(C(=O)O)CN(C)C(C)C1=O. The monoisotopic (exact) mass is 214 g/mol. The fourth-order valence-corrected chi connectivity index (χ4v) is 1.81. The number of likely N-dealkylation sites (N-methyl/N-ethyl adjacent to an activating group) is 2. The van der Waals surface area contributed by atoms with Gasteiger partial charge in [-0.1, -0.05) is 0 Å². The molecule has 1 heterocycles. The van der Waals surface area contributed by atoms with Gasteiger partial charge in [-0.3, -0.25) is 14.5 Å². The van der Waals surface area contributed by atoms with Crippen molar-refractivity contribution in [1.82, 2.24) is 9.80 Å². The van der Waals surface area contributed by atoms with E-state index in [-0.39, 0.29) is 11.9 Å². The maximum atomic E-state index is 11.8. The molecule has 0 saturated carbocycles. The van der Waals surface area contributed by atoms with Gasteiger partial charge in [0.05, 0.1) is 12.0 Å². The molecule has 1 fully saturated rings. The van der Waals surface area contributed by atoms with Gasteiger partial charge in [-0.05, 0) is 20.9 Å². The molecule has 0 radical (unpaired) electrons. The van der Waals surface area contributed by atoms with E-state index in [1.165, 1.54) is 0 Å². The van der Waals surface area contributed by atoms with Crippen molar-refractivity contribution in [3.05, 3.63) is 0 Å². The quantitative estimate of drug-likeness (QED) is 0.695. The van der Waals surface area contributed by atoms with E-state index in [2.05, 4.69) is 0 Å². The summed E-state index contributed by atoms with van der Waals surface area (Å²) in [7, 11) is 1.79. The first kappa shape index (κ1) is 12.0. The third kappa shape index (κ3) is 2.47. The Bertz CT molecular complexity index is 267. The zero-order valence-corrected chi connectivity index (χ0v) is 9.43. The summed E-state index contributed by atoms with van der Waals surface area (Å²) in [5.41, 5.74) is 0. The minimum absolute atomic E-state index is 0.0174. The molecular weight excluding hydrogens is 196 g/mol. The Hall–Kier alpha value is -1.10. The molecule has 1 amide bonds. The number of carbonyl (C=O) groups is 2. The second-order valence-corrected chi connectivity index (χ2v) is 4.03. The highest BCUT2D eigenvalue weighted by Crippen LogP contribution is 2.14. The van der Waals surface area contributed by atoms with Gasteiger partial charge in [0, 0.05) is 19.6 Å². The van der Waals surface area contributed by atoms with Crippen LogP contribution < -0.4 is 0 Å². The van der Waals surface area contributed by atoms with Crippen LogP contribution in [0.4, 0.5) is 0 Å². The highest BCUT2D eigenvalue weighted by Gasteiger charge is 2.33. The Labute approximate surface area is 89.7 Å². The first-order chi connectivity index (χ1) is 6.97. The fourth-order valence-electron chi connectivity index (χ4n) is 1.81.